The Morgan fingerprint density at radius 2 is 2.06 bits per heavy atom. The van der Waals surface area contributed by atoms with Crippen molar-refractivity contribution in [1.29, 1.82) is 0 Å². The maximum Gasteiger partial charge on any atom is 0.129 e. The predicted molar refractivity (Wildman–Crippen MR) is 66.3 cm³/mol. The van der Waals surface area contributed by atoms with Crippen LogP contribution in [0.2, 0.25) is 0 Å². The fourth-order valence-corrected chi connectivity index (χ4v) is 1.60. The number of rotatable bonds is 3. The van der Waals surface area contributed by atoms with Gasteiger partial charge in [0.05, 0.1) is 5.69 Å². The van der Waals surface area contributed by atoms with Crippen LogP contribution in [-0.2, 0) is 0 Å². The Labute approximate surface area is 99.7 Å². The van der Waals surface area contributed by atoms with Gasteiger partial charge in [-0.05, 0) is 37.6 Å². The SMILES string of the molecule is CCNc1cc(-c2ccc(F)c(C)c2)ncn1. The van der Waals surface area contributed by atoms with Gasteiger partial charge in [-0.3, -0.25) is 0 Å². The molecule has 0 aliphatic rings. The molecule has 1 aromatic carbocycles. The number of halogens is 1. The lowest BCUT2D eigenvalue weighted by Gasteiger charge is -2.06. The first-order chi connectivity index (χ1) is 8.20. The first-order valence-corrected chi connectivity index (χ1v) is 5.53. The number of hydrogen-bond acceptors (Lipinski definition) is 3. The Hall–Kier alpha value is -1.97. The third kappa shape index (κ3) is 2.58. The summed E-state index contributed by atoms with van der Waals surface area (Å²) in [6, 6.07) is 6.82. The smallest absolute Gasteiger partial charge is 0.129 e. The molecule has 1 aromatic heterocycles. The van der Waals surface area contributed by atoms with Crippen LogP contribution < -0.4 is 5.32 Å². The van der Waals surface area contributed by atoms with Crippen LogP contribution in [0.5, 0.6) is 0 Å². The van der Waals surface area contributed by atoms with Crippen molar-refractivity contribution in [2.24, 2.45) is 0 Å². The van der Waals surface area contributed by atoms with E-state index in [2.05, 4.69) is 15.3 Å². The lowest BCUT2D eigenvalue weighted by atomic mass is 10.1. The van der Waals surface area contributed by atoms with Crippen LogP contribution in [0.1, 0.15) is 12.5 Å². The summed E-state index contributed by atoms with van der Waals surface area (Å²) in [6.07, 6.45) is 1.51. The molecule has 2 aromatic rings. The van der Waals surface area contributed by atoms with Crippen LogP contribution in [0.25, 0.3) is 11.3 Å². The number of aryl methyl sites for hydroxylation is 1. The summed E-state index contributed by atoms with van der Waals surface area (Å²) in [5.41, 5.74) is 2.30. The van der Waals surface area contributed by atoms with Crippen molar-refractivity contribution in [3.05, 3.63) is 42.0 Å². The lowest BCUT2D eigenvalue weighted by Crippen LogP contribution is -2.00. The molecular formula is C13H14FN3. The molecule has 2 rings (SSSR count). The van der Waals surface area contributed by atoms with Crippen molar-refractivity contribution in [1.82, 2.24) is 9.97 Å². The Bertz CT molecular complexity index is 526. The zero-order valence-corrected chi connectivity index (χ0v) is 9.87. The van der Waals surface area contributed by atoms with Crippen molar-refractivity contribution in [3.8, 4) is 11.3 Å². The summed E-state index contributed by atoms with van der Waals surface area (Å²) < 4.78 is 13.2. The highest BCUT2D eigenvalue weighted by molar-refractivity contribution is 5.62. The van der Waals surface area contributed by atoms with E-state index in [1.165, 1.54) is 12.4 Å². The number of anilines is 1. The lowest BCUT2D eigenvalue weighted by molar-refractivity contribution is 0.619. The average molecular weight is 231 g/mol. The van der Waals surface area contributed by atoms with Crippen LogP contribution in [0.3, 0.4) is 0 Å². The molecular weight excluding hydrogens is 217 g/mol. The second kappa shape index (κ2) is 4.91. The molecule has 0 bridgehead atoms. The topological polar surface area (TPSA) is 37.8 Å². The molecule has 3 nitrogen and oxygen atoms in total. The summed E-state index contributed by atoms with van der Waals surface area (Å²) in [5, 5.41) is 3.12. The van der Waals surface area contributed by atoms with E-state index in [0.29, 0.717) is 5.56 Å². The molecule has 4 heteroatoms. The van der Waals surface area contributed by atoms with Crippen LogP contribution in [0.4, 0.5) is 10.2 Å². The van der Waals surface area contributed by atoms with E-state index in [4.69, 9.17) is 0 Å². The molecule has 0 fully saturated rings. The largest absolute Gasteiger partial charge is 0.370 e. The van der Waals surface area contributed by atoms with Gasteiger partial charge in [-0.2, -0.15) is 0 Å². The zero-order chi connectivity index (χ0) is 12.3. The van der Waals surface area contributed by atoms with E-state index in [9.17, 15) is 4.39 Å². The number of nitrogens with zero attached hydrogens (tertiary/aromatic N) is 2. The Morgan fingerprint density at radius 1 is 1.24 bits per heavy atom. The van der Waals surface area contributed by atoms with Gasteiger partial charge in [0, 0.05) is 18.2 Å². The molecule has 0 atom stereocenters. The highest BCUT2D eigenvalue weighted by Gasteiger charge is 2.04. The van der Waals surface area contributed by atoms with Crippen molar-refractivity contribution >= 4 is 5.82 Å². The van der Waals surface area contributed by atoms with E-state index >= 15 is 0 Å². The van der Waals surface area contributed by atoms with E-state index in [-0.39, 0.29) is 5.82 Å². The van der Waals surface area contributed by atoms with Crippen LogP contribution >= 0.6 is 0 Å². The van der Waals surface area contributed by atoms with Gasteiger partial charge in [-0.1, -0.05) is 0 Å². The Balaban J connectivity index is 2.38. The predicted octanol–water partition coefficient (Wildman–Crippen LogP) is 3.02. The van der Waals surface area contributed by atoms with Gasteiger partial charge in [0.1, 0.15) is 18.0 Å². The first kappa shape index (κ1) is 11.5. The third-order valence-electron chi connectivity index (χ3n) is 2.48. The molecule has 0 saturated carbocycles. The van der Waals surface area contributed by atoms with E-state index < -0.39 is 0 Å². The molecule has 1 N–H and O–H groups in total. The minimum atomic E-state index is -0.199. The second-order valence-corrected chi connectivity index (χ2v) is 3.78. The van der Waals surface area contributed by atoms with E-state index in [1.54, 1.807) is 19.1 Å². The summed E-state index contributed by atoms with van der Waals surface area (Å²) in [4.78, 5) is 8.29. The summed E-state index contributed by atoms with van der Waals surface area (Å²) in [5.74, 6) is 0.578. The number of benzene rings is 1. The molecule has 0 saturated heterocycles. The van der Waals surface area contributed by atoms with Gasteiger partial charge in [0.2, 0.25) is 0 Å². The highest BCUT2D eigenvalue weighted by atomic mass is 19.1. The summed E-state index contributed by atoms with van der Waals surface area (Å²) in [7, 11) is 0. The fourth-order valence-electron chi connectivity index (χ4n) is 1.60. The van der Waals surface area contributed by atoms with Crippen LogP contribution in [0, 0.1) is 12.7 Å². The fraction of sp³-hybridized carbons (Fsp3) is 0.231. The molecule has 1 heterocycles. The first-order valence-electron chi connectivity index (χ1n) is 5.53. The van der Waals surface area contributed by atoms with Gasteiger partial charge >= 0.3 is 0 Å². The second-order valence-electron chi connectivity index (χ2n) is 3.78. The summed E-state index contributed by atoms with van der Waals surface area (Å²) in [6.45, 7) is 4.55. The maximum atomic E-state index is 13.2. The normalized spacial score (nSPS) is 10.3. The van der Waals surface area contributed by atoms with Crippen molar-refractivity contribution in [2.75, 3.05) is 11.9 Å². The Morgan fingerprint density at radius 3 is 2.76 bits per heavy atom. The molecule has 88 valence electrons. The van der Waals surface area contributed by atoms with Crippen molar-refractivity contribution in [3.63, 3.8) is 0 Å². The quantitative estimate of drug-likeness (QED) is 0.882. The number of aromatic nitrogens is 2. The van der Waals surface area contributed by atoms with Gasteiger partial charge in [0.25, 0.3) is 0 Å². The van der Waals surface area contributed by atoms with Crippen molar-refractivity contribution < 1.29 is 4.39 Å². The van der Waals surface area contributed by atoms with Gasteiger partial charge in [-0.15, -0.1) is 0 Å². The standard InChI is InChI=1S/C13H14FN3/c1-3-15-13-7-12(16-8-17-13)10-4-5-11(14)9(2)6-10/h4-8H,3H2,1-2H3,(H,15,16,17). The average Bonchev–Trinajstić information content (AvgIpc) is 2.33. The molecule has 17 heavy (non-hydrogen) atoms. The molecule has 0 aliphatic heterocycles. The zero-order valence-electron chi connectivity index (χ0n) is 9.87. The highest BCUT2D eigenvalue weighted by Crippen LogP contribution is 2.21. The van der Waals surface area contributed by atoms with Crippen LogP contribution in [0.15, 0.2) is 30.6 Å². The Kier molecular flexibility index (Phi) is 3.32. The third-order valence-corrected chi connectivity index (χ3v) is 2.48. The monoisotopic (exact) mass is 231 g/mol. The van der Waals surface area contributed by atoms with Crippen LogP contribution in [-0.4, -0.2) is 16.5 Å². The molecule has 0 amide bonds. The molecule has 0 unspecified atom stereocenters. The summed E-state index contributed by atoms with van der Waals surface area (Å²) >= 11 is 0. The maximum absolute atomic E-state index is 13.2. The van der Waals surface area contributed by atoms with E-state index in [1.807, 2.05) is 13.0 Å². The molecule has 0 radical (unpaired) electrons. The molecule has 0 aliphatic carbocycles. The van der Waals surface area contributed by atoms with Gasteiger partial charge in [0.15, 0.2) is 0 Å². The number of hydrogen-bond donors (Lipinski definition) is 1. The van der Waals surface area contributed by atoms with Gasteiger partial charge < -0.3 is 5.32 Å². The van der Waals surface area contributed by atoms with Crippen molar-refractivity contribution in [2.45, 2.75) is 13.8 Å². The molecule has 0 spiro atoms. The minimum absolute atomic E-state index is 0.199. The number of nitrogens with one attached hydrogen (secondary N) is 1. The van der Waals surface area contributed by atoms with Gasteiger partial charge in [-0.25, -0.2) is 14.4 Å². The van der Waals surface area contributed by atoms with E-state index in [0.717, 1.165) is 23.6 Å². The minimum Gasteiger partial charge on any atom is -0.370 e.